The first-order valence-electron chi connectivity index (χ1n) is 16.9. The Labute approximate surface area is 269 Å². The van der Waals surface area contributed by atoms with Crippen LogP contribution in [0.3, 0.4) is 0 Å². The third kappa shape index (κ3) is 3.17. The number of rotatable bonds is 2. The second-order valence-corrected chi connectivity index (χ2v) is 13.8. The molecule has 0 aliphatic heterocycles. The van der Waals surface area contributed by atoms with Gasteiger partial charge < -0.3 is 9.13 Å². The summed E-state index contributed by atoms with van der Waals surface area (Å²) in [4.78, 5) is 0. The minimum atomic E-state index is 0.366. The van der Waals surface area contributed by atoms with Crippen molar-refractivity contribution in [3.05, 3.63) is 144 Å². The van der Waals surface area contributed by atoms with Crippen LogP contribution in [0.5, 0.6) is 0 Å². The average Bonchev–Trinajstić information content (AvgIpc) is 3.61. The van der Waals surface area contributed by atoms with Gasteiger partial charge in [-0.15, -0.1) is 0 Å². The first kappa shape index (κ1) is 26.2. The number of hydrogen-bond donors (Lipinski definition) is 0. The second-order valence-electron chi connectivity index (χ2n) is 13.8. The largest absolute Gasteiger partial charge is 0.309 e. The molecular formula is C44H36N2. The van der Waals surface area contributed by atoms with Crippen molar-refractivity contribution in [1.29, 1.82) is 0 Å². The quantitative estimate of drug-likeness (QED) is 0.189. The summed E-state index contributed by atoms with van der Waals surface area (Å²) in [6.45, 7) is 9.91. The number of aromatic nitrogens is 2. The summed E-state index contributed by atoms with van der Waals surface area (Å²) >= 11 is 0. The molecule has 2 heterocycles. The van der Waals surface area contributed by atoms with Crippen LogP contribution in [-0.4, -0.2) is 9.13 Å². The lowest BCUT2D eigenvalue weighted by Crippen LogP contribution is -2.24. The fraction of sp³-hybridized carbons (Fsp3) is 0.182. The van der Waals surface area contributed by atoms with E-state index in [1.807, 2.05) is 0 Å². The zero-order valence-corrected chi connectivity index (χ0v) is 26.8. The molecule has 10 rings (SSSR count). The molecule has 2 heteroatoms. The molecule has 46 heavy (non-hydrogen) atoms. The topological polar surface area (TPSA) is 9.86 Å². The average molecular weight is 593 g/mol. The Morgan fingerprint density at radius 2 is 0.761 bits per heavy atom. The van der Waals surface area contributed by atoms with E-state index in [-0.39, 0.29) is 0 Å². The Bertz CT molecular complexity index is 2350. The van der Waals surface area contributed by atoms with Crippen LogP contribution in [0.15, 0.2) is 121 Å². The van der Waals surface area contributed by atoms with Gasteiger partial charge in [0.05, 0.1) is 22.1 Å². The highest BCUT2D eigenvalue weighted by Crippen LogP contribution is 2.61. The van der Waals surface area contributed by atoms with Crippen molar-refractivity contribution in [3.8, 4) is 22.5 Å². The number of para-hydroxylation sites is 4. The van der Waals surface area contributed by atoms with E-state index < -0.39 is 0 Å². The highest BCUT2D eigenvalue weighted by Gasteiger charge is 2.42. The molecule has 0 radical (unpaired) electrons. The van der Waals surface area contributed by atoms with Crippen molar-refractivity contribution in [2.75, 3.05) is 0 Å². The Morgan fingerprint density at radius 3 is 1.17 bits per heavy atom. The summed E-state index contributed by atoms with van der Waals surface area (Å²) in [6.07, 6.45) is 0. The van der Waals surface area contributed by atoms with Crippen molar-refractivity contribution in [2.45, 2.75) is 51.4 Å². The van der Waals surface area contributed by atoms with Crippen molar-refractivity contribution in [2.24, 2.45) is 0 Å². The van der Waals surface area contributed by atoms with Gasteiger partial charge in [-0.25, -0.2) is 0 Å². The molecule has 2 aliphatic carbocycles. The minimum Gasteiger partial charge on any atom is -0.309 e. The molecule has 0 spiro atoms. The molecule has 2 aliphatic rings. The number of hydrogen-bond acceptors (Lipinski definition) is 0. The molecule has 0 saturated carbocycles. The molecule has 8 aromatic rings. The summed E-state index contributed by atoms with van der Waals surface area (Å²) in [5.41, 5.74) is 16.9. The van der Waals surface area contributed by atoms with Gasteiger partial charge in [0.25, 0.3) is 0 Å². The fourth-order valence-electron chi connectivity index (χ4n) is 9.25. The molecule has 0 bridgehead atoms. The van der Waals surface area contributed by atoms with Crippen LogP contribution in [0.2, 0.25) is 0 Å². The van der Waals surface area contributed by atoms with E-state index in [4.69, 9.17) is 0 Å². The van der Waals surface area contributed by atoms with E-state index in [9.17, 15) is 0 Å². The van der Waals surface area contributed by atoms with Gasteiger partial charge in [0.1, 0.15) is 0 Å². The van der Waals surface area contributed by atoms with Crippen LogP contribution in [-0.2, 0) is 0 Å². The highest BCUT2D eigenvalue weighted by molar-refractivity contribution is 6.16. The minimum absolute atomic E-state index is 0.366. The van der Waals surface area contributed by atoms with Gasteiger partial charge in [-0.1, -0.05) is 100 Å². The smallest absolute Gasteiger partial charge is 0.0582 e. The van der Waals surface area contributed by atoms with Crippen molar-refractivity contribution in [3.63, 3.8) is 0 Å². The van der Waals surface area contributed by atoms with Crippen LogP contribution < -0.4 is 0 Å². The van der Waals surface area contributed by atoms with Gasteiger partial charge in [-0.2, -0.15) is 0 Å². The first-order chi connectivity index (χ1) is 22.5. The Hall–Kier alpha value is -5.08. The summed E-state index contributed by atoms with van der Waals surface area (Å²) in [5, 5.41) is 5.46. The lowest BCUT2D eigenvalue weighted by molar-refractivity contribution is 0.584. The third-order valence-corrected chi connectivity index (χ3v) is 11.7. The van der Waals surface area contributed by atoms with Gasteiger partial charge in [0.2, 0.25) is 0 Å². The summed E-state index contributed by atoms with van der Waals surface area (Å²) in [7, 11) is 0. The third-order valence-electron chi connectivity index (χ3n) is 11.7. The molecule has 0 N–H and O–H groups in total. The Kier molecular flexibility index (Phi) is 5.25. The maximum absolute atomic E-state index is 2.57. The summed E-state index contributed by atoms with van der Waals surface area (Å²) < 4.78 is 5.10. The van der Waals surface area contributed by atoms with Crippen LogP contribution in [0.1, 0.15) is 73.6 Å². The predicted octanol–water partition coefficient (Wildman–Crippen LogP) is 12.0. The Morgan fingerprint density at radius 1 is 0.391 bits per heavy atom. The lowest BCUT2D eigenvalue weighted by atomic mass is 9.62. The molecular weight excluding hydrogens is 556 g/mol. The number of benzene rings is 6. The van der Waals surface area contributed by atoms with E-state index in [2.05, 4.69) is 158 Å². The van der Waals surface area contributed by atoms with Crippen LogP contribution in [0.25, 0.3) is 66.1 Å². The molecule has 4 atom stereocenters. The monoisotopic (exact) mass is 592 g/mol. The van der Waals surface area contributed by atoms with E-state index in [0.717, 1.165) is 0 Å². The molecule has 222 valence electrons. The summed E-state index contributed by atoms with van der Waals surface area (Å²) in [5.74, 6) is 1.49. The number of fused-ring (bicyclic) bond motifs is 8. The number of nitrogens with zero attached hydrogens (tertiary/aromatic N) is 2. The Balaban J connectivity index is 1.44. The highest BCUT2D eigenvalue weighted by atomic mass is 15.0. The van der Waals surface area contributed by atoms with E-state index in [0.29, 0.717) is 23.7 Å². The molecule has 0 fully saturated rings. The van der Waals surface area contributed by atoms with E-state index in [1.54, 1.807) is 0 Å². The van der Waals surface area contributed by atoms with Gasteiger partial charge >= 0.3 is 0 Å². The molecule has 2 aromatic heterocycles. The van der Waals surface area contributed by atoms with Crippen molar-refractivity contribution in [1.82, 2.24) is 9.13 Å². The first-order valence-corrected chi connectivity index (χ1v) is 16.9. The summed E-state index contributed by atoms with van der Waals surface area (Å²) in [6, 6.07) is 45.2. The maximum atomic E-state index is 2.57. The standard InChI is InChI=1S/C44H36N2/c1-25-27(3)39-42-34(24-36-32-20-12-14-22-38(32)45(43(36)39)29-15-7-5-8-16-29)26(2)28(4)40-41(42)33(25)23-35-31-19-11-13-21-37(31)46(44(35)40)30-17-9-6-10-18-30/h5-28H,1-4H3. The van der Waals surface area contributed by atoms with Crippen LogP contribution in [0, 0.1) is 0 Å². The van der Waals surface area contributed by atoms with Crippen LogP contribution >= 0.6 is 0 Å². The zero-order valence-electron chi connectivity index (χ0n) is 26.8. The van der Waals surface area contributed by atoms with Gasteiger partial charge in [-0.05, 0) is 106 Å². The zero-order chi connectivity index (χ0) is 30.8. The van der Waals surface area contributed by atoms with Gasteiger partial charge in [0.15, 0.2) is 0 Å². The maximum Gasteiger partial charge on any atom is 0.0582 e. The lowest BCUT2D eigenvalue weighted by Gasteiger charge is -2.42. The van der Waals surface area contributed by atoms with Gasteiger partial charge in [-0.3, -0.25) is 0 Å². The van der Waals surface area contributed by atoms with Gasteiger partial charge in [0, 0.05) is 32.9 Å². The molecule has 4 unspecified atom stereocenters. The molecule has 6 aromatic carbocycles. The van der Waals surface area contributed by atoms with Crippen LogP contribution in [0.4, 0.5) is 0 Å². The van der Waals surface area contributed by atoms with E-state index >= 15 is 0 Å². The second kappa shape index (κ2) is 9.23. The SMILES string of the molecule is CC1c2cc3c4ccccc4n(-c4ccccc4)c3c3c2-c2c(cc4c5ccccc5n(-c5ccccc5)c4c2C1C)C(C)C3C. The predicted molar refractivity (Wildman–Crippen MR) is 194 cm³/mol. The molecule has 2 nitrogen and oxygen atoms in total. The fourth-order valence-corrected chi connectivity index (χ4v) is 9.25. The molecule has 0 amide bonds. The van der Waals surface area contributed by atoms with Crippen molar-refractivity contribution < 1.29 is 0 Å². The molecule has 0 saturated heterocycles. The normalized spacial score (nSPS) is 20.2. The van der Waals surface area contributed by atoms with E-state index in [1.165, 1.54) is 88.4 Å². The van der Waals surface area contributed by atoms with Crippen molar-refractivity contribution >= 4 is 43.6 Å².